The first-order chi connectivity index (χ1) is 9.58. The number of para-hydroxylation sites is 1. The fourth-order valence-corrected chi connectivity index (χ4v) is 2.36. The topological polar surface area (TPSA) is 75.4 Å². The normalized spacial score (nSPS) is 10.8. The largest absolute Gasteiger partial charge is 0.506 e. The lowest BCUT2D eigenvalue weighted by Crippen LogP contribution is -1.97. The van der Waals surface area contributed by atoms with Gasteiger partial charge in [0.25, 0.3) is 0 Å². The molecule has 0 aliphatic carbocycles. The summed E-state index contributed by atoms with van der Waals surface area (Å²) in [5.74, 6) is -0.803. The molecule has 3 aromatic rings. The van der Waals surface area contributed by atoms with Crippen molar-refractivity contribution < 1.29 is 15.0 Å². The molecular formula is C15H12N2O3. The number of aromatic hydroxyl groups is 1. The first kappa shape index (κ1) is 12.2. The molecule has 20 heavy (non-hydrogen) atoms. The maximum Gasteiger partial charge on any atom is 0.335 e. The second-order valence-electron chi connectivity index (χ2n) is 4.56. The molecule has 0 saturated heterocycles. The number of aromatic carboxylic acids is 1. The molecule has 0 saturated carbocycles. The number of aromatic nitrogens is 2. The summed E-state index contributed by atoms with van der Waals surface area (Å²) >= 11 is 0. The lowest BCUT2D eigenvalue weighted by Gasteiger charge is -2.01. The fourth-order valence-electron chi connectivity index (χ4n) is 2.36. The molecule has 0 radical (unpaired) electrons. The Morgan fingerprint density at radius 2 is 2.10 bits per heavy atom. The van der Waals surface area contributed by atoms with E-state index in [1.165, 1.54) is 18.3 Å². The van der Waals surface area contributed by atoms with Crippen LogP contribution >= 0.6 is 0 Å². The number of rotatable bonds is 2. The molecule has 2 N–H and O–H groups in total. The van der Waals surface area contributed by atoms with E-state index in [9.17, 15) is 9.90 Å². The van der Waals surface area contributed by atoms with Gasteiger partial charge >= 0.3 is 5.97 Å². The molecule has 5 nitrogen and oxygen atoms in total. The van der Waals surface area contributed by atoms with Crippen molar-refractivity contribution in [1.29, 1.82) is 0 Å². The van der Waals surface area contributed by atoms with Gasteiger partial charge in [0.1, 0.15) is 5.75 Å². The van der Waals surface area contributed by atoms with Crippen LogP contribution in [0.1, 0.15) is 10.4 Å². The Hall–Kier alpha value is -2.82. The first-order valence-electron chi connectivity index (χ1n) is 6.04. The van der Waals surface area contributed by atoms with Gasteiger partial charge in [-0.25, -0.2) is 4.79 Å². The number of nitrogens with zero attached hydrogens (tertiary/aromatic N) is 2. The predicted molar refractivity (Wildman–Crippen MR) is 74.8 cm³/mol. The molecule has 0 aliphatic rings. The molecule has 0 atom stereocenters. The van der Waals surface area contributed by atoms with Crippen LogP contribution in [0.3, 0.4) is 0 Å². The van der Waals surface area contributed by atoms with E-state index in [0.29, 0.717) is 11.2 Å². The average molecular weight is 268 g/mol. The molecule has 5 heteroatoms. The number of carboxylic acid groups (broad SMARTS) is 1. The molecule has 0 unspecified atom stereocenters. The zero-order valence-corrected chi connectivity index (χ0v) is 10.7. The molecule has 0 aliphatic heterocycles. The molecule has 0 fully saturated rings. The third-order valence-corrected chi connectivity index (χ3v) is 3.26. The van der Waals surface area contributed by atoms with Crippen LogP contribution in [0.5, 0.6) is 5.75 Å². The second kappa shape index (κ2) is 4.38. The Morgan fingerprint density at radius 1 is 1.30 bits per heavy atom. The lowest BCUT2D eigenvalue weighted by atomic mass is 10.1. The van der Waals surface area contributed by atoms with E-state index in [1.54, 1.807) is 16.7 Å². The summed E-state index contributed by atoms with van der Waals surface area (Å²) in [6.07, 6.45) is 3.30. The van der Waals surface area contributed by atoms with Crippen LogP contribution in [-0.4, -0.2) is 25.7 Å². The van der Waals surface area contributed by atoms with Crippen molar-refractivity contribution in [2.75, 3.05) is 0 Å². The van der Waals surface area contributed by atoms with Crippen molar-refractivity contribution in [3.63, 3.8) is 0 Å². The van der Waals surface area contributed by atoms with Gasteiger partial charge in [0.2, 0.25) is 0 Å². The van der Waals surface area contributed by atoms with E-state index in [-0.39, 0.29) is 11.3 Å². The van der Waals surface area contributed by atoms with Crippen LogP contribution in [0, 0.1) is 0 Å². The van der Waals surface area contributed by atoms with Crippen molar-refractivity contribution in [1.82, 2.24) is 9.55 Å². The second-order valence-corrected chi connectivity index (χ2v) is 4.56. The van der Waals surface area contributed by atoms with Gasteiger partial charge in [-0.2, -0.15) is 0 Å². The summed E-state index contributed by atoms with van der Waals surface area (Å²) in [6.45, 7) is 0. The molecule has 0 bridgehead atoms. The summed E-state index contributed by atoms with van der Waals surface area (Å²) in [7, 11) is 1.83. The Kier molecular flexibility index (Phi) is 2.68. The zero-order valence-electron chi connectivity index (χ0n) is 10.7. The highest BCUT2D eigenvalue weighted by atomic mass is 16.4. The summed E-state index contributed by atoms with van der Waals surface area (Å²) in [6, 6.07) is 8.23. The summed E-state index contributed by atoms with van der Waals surface area (Å²) < 4.78 is 1.80. The van der Waals surface area contributed by atoms with Crippen LogP contribution in [0.2, 0.25) is 0 Å². The minimum Gasteiger partial charge on any atom is -0.506 e. The minimum absolute atomic E-state index is 0.186. The van der Waals surface area contributed by atoms with E-state index in [2.05, 4.69) is 4.98 Å². The molecule has 1 aromatic carbocycles. The van der Waals surface area contributed by atoms with Crippen molar-refractivity contribution >= 4 is 16.9 Å². The van der Waals surface area contributed by atoms with Crippen molar-refractivity contribution in [2.45, 2.75) is 0 Å². The average Bonchev–Trinajstić information content (AvgIpc) is 2.78. The molecule has 2 aromatic heterocycles. The van der Waals surface area contributed by atoms with Gasteiger partial charge in [0.05, 0.1) is 16.8 Å². The Balaban J connectivity index is 2.28. The summed E-state index contributed by atoms with van der Waals surface area (Å²) in [5, 5.41) is 19.8. The number of benzene rings is 1. The SMILES string of the molecule is Cn1cc(-c2cc(C(=O)O)ccn2)c2cccc(O)c21. The third kappa shape index (κ3) is 1.80. The van der Waals surface area contributed by atoms with Gasteiger partial charge in [0, 0.05) is 30.4 Å². The van der Waals surface area contributed by atoms with Gasteiger partial charge in [-0.1, -0.05) is 12.1 Å². The summed E-state index contributed by atoms with van der Waals surface area (Å²) in [4.78, 5) is 15.3. The number of carboxylic acids is 1. The number of hydrogen-bond donors (Lipinski definition) is 2. The first-order valence-corrected chi connectivity index (χ1v) is 6.04. The summed E-state index contributed by atoms with van der Waals surface area (Å²) in [5.41, 5.74) is 2.25. The number of pyridine rings is 1. The fraction of sp³-hybridized carbons (Fsp3) is 0.0667. The Morgan fingerprint density at radius 3 is 2.85 bits per heavy atom. The molecule has 0 spiro atoms. The maximum atomic E-state index is 11.0. The molecule has 0 amide bonds. The Labute approximate surface area is 114 Å². The van der Waals surface area contributed by atoms with Gasteiger partial charge in [-0.3, -0.25) is 4.98 Å². The van der Waals surface area contributed by atoms with Gasteiger partial charge in [-0.15, -0.1) is 0 Å². The van der Waals surface area contributed by atoms with Crippen LogP contribution < -0.4 is 0 Å². The minimum atomic E-state index is -0.989. The highest BCUT2D eigenvalue weighted by molar-refractivity contribution is 5.99. The molecule has 2 heterocycles. The monoisotopic (exact) mass is 268 g/mol. The number of phenols is 1. The van der Waals surface area contributed by atoms with Crippen molar-refractivity contribution in [3.05, 3.63) is 48.3 Å². The molecular weight excluding hydrogens is 256 g/mol. The predicted octanol–water partition coefficient (Wildman–Crippen LogP) is 2.64. The van der Waals surface area contributed by atoms with Crippen molar-refractivity contribution in [2.24, 2.45) is 7.05 Å². The van der Waals surface area contributed by atoms with Gasteiger partial charge in [0.15, 0.2) is 0 Å². The zero-order chi connectivity index (χ0) is 14.3. The van der Waals surface area contributed by atoms with E-state index >= 15 is 0 Å². The van der Waals surface area contributed by atoms with Crippen LogP contribution in [0.15, 0.2) is 42.7 Å². The molecule has 3 rings (SSSR count). The lowest BCUT2D eigenvalue weighted by molar-refractivity contribution is 0.0697. The number of fused-ring (bicyclic) bond motifs is 1. The van der Waals surface area contributed by atoms with Crippen LogP contribution in [0.4, 0.5) is 0 Å². The van der Waals surface area contributed by atoms with E-state index in [1.807, 2.05) is 19.3 Å². The van der Waals surface area contributed by atoms with Gasteiger partial charge in [-0.05, 0) is 18.2 Å². The highest BCUT2D eigenvalue weighted by Gasteiger charge is 2.13. The molecule has 100 valence electrons. The van der Waals surface area contributed by atoms with E-state index in [4.69, 9.17) is 5.11 Å². The van der Waals surface area contributed by atoms with Gasteiger partial charge < -0.3 is 14.8 Å². The standard InChI is InChI=1S/C15H12N2O3/c1-17-8-11(10-3-2-4-13(18)14(10)17)12-7-9(15(19)20)5-6-16-12/h2-8,18H,1H3,(H,19,20). The Bertz CT molecular complexity index is 821. The quantitative estimate of drug-likeness (QED) is 0.749. The van der Waals surface area contributed by atoms with E-state index < -0.39 is 5.97 Å². The number of carbonyl (C=O) groups is 1. The van der Waals surface area contributed by atoms with Crippen LogP contribution in [0.25, 0.3) is 22.2 Å². The number of hydrogen-bond acceptors (Lipinski definition) is 3. The highest BCUT2D eigenvalue weighted by Crippen LogP contribution is 2.33. The van der Waals surface area contributed by atoms with E-state index in [0.717, 1.165) is 10.9 Å². The van der Waals surface area contributed by atoms with Crippen LogP contribution in [-0.2, 0) is 7.05 Å². The third-order valence-electron chi connectivity index (χ3n) is 3.26. The number of aryl methyl sites for hydroxylation is 1. The smallest absolute Gasteiger partial charge is 0.335 e. The van der Waals surface area contributed by atoms with Crippen molar-refractivity contribution in [3.8, 4) is 17.0 Å². The number of phenolic OH excluding ortho intramolecular Hbond substituents is 1. The maximum absolute atomic E-state index is 11.0.